The Morgan fingerprint density at radius 1 is 1.26 bits per heavy atom. The number of carbonyl (C=O) groups is 2. The summed E-state index contributed by atoms with van der Waals surface area (Å²) < 4.78 is 0. The van der Waals surface area contributed by atoms with E-state index in [2.05, 4.69) is 5.32 Å². The van der Waals surface area contributed by atoms with Crippen LogP contribution in [0.4, 0.5) is 5.69 Å². The fourth-order valence-corrected chi connectivity index (χ4v) is 1.80. The minimum absolute atomic E-state index is 0. The Bertz CT molecular complexity index is 443. The van der Waals surface area contributed by atoms with E-state index in [0.717, 1.165) is 11.3 Å². The Morgan fingerprint density at radius 2 is 1.89 bits per heavy atom. The Hall–Kier alpha value is 0.0525. The number of carbonyl (C=O) groups excluding carboxylic acids is 2. The molecule has 1 aromatic carbocycles. The molecule has 1 N–H and O–H groups in total. The Kier molecular flexibility index (Phi) is 13.7. The number of halogens is 4. The van der Waals surface area contributed by atoms with Crippen LogP contribution >= 0.6 is 11.6 Å². The summed E-state index contributed by atoms with van der Waals surface area (Å²) >= 11 is 5.50. The summed E-state index contributed by atoms with van der Waals surface area (Å²) in [6.07, 6.45) is 0.693. The molecule has 0 bridgehead atoms. The number of hydrogen-bond donors (Lipinski definition) is 1. The van der Waals surface area contributed by atoms with Gasteiger partial charge in [0.05, 0.1) is 6.42 Å². The average molecular weight is 357 g/mol. The smallest absolute Gasteiger partial charge is 1.00 e. The number of anilines is 1. The SMILES string of the molecule is O=C1Cc2cc(C(=O)CCCl)ccc2N1.[Al+3].[Cl-].[Cl-].[Cl-]. The van der Waals surface area contributed by atoms with Crippen LogP contribution in [0.1, 0.15) is 22.3 Å². The molecular formula is C11H10AlCl4NO2. The van der Waals surface area contributed by atoms with Crippen molar-refractivity contribution in [1.82, 2.24) is 0 Å². The van der Waals surface area contributed by atoms with Crippen molar-refractivity contribution in [2.24, 2.45) is 0 Å². The van der Waals surface area contributed by atoms with Gasteiger partial charge in [-0.15, -0.1) is 11.6 Å². The second-order valence-electron chi connectivity index (χ2n) is 3.46. The minimum Gasteiger partial charge on any atom is -1.00 e. The molecule has 2 rings (SSSR count). The minimum atomic E-state index is -0.0213. The second kappa shape index (κ2) is 10.8. The van der Waals surface area contributed by atoms with Crippen LogP contribution in [0.25, 0.3) is 0 Å². The summed E-state index contributed by atoms with van der Waals surface area (Å²) in [5.41, 5.74) is 2.33. The third-order valence-electron chi connectivity index (χ3n) is 2.37. The molecule has 8 heteroatoms. The molecule has 0 saturated carbocycles. The van der Waals surface area contributed by atoms with Crippen LogP contribution in [-0.2, 0) is 11.2 Å². The predicted octanol–water partition coefficient (Wildman–Crippen LogP) is -7.38. The van der Waals surface area contributed by atoms with Gasteiger partial charge in [-0.2, -0.15) is 0 Å². The fourth-order valence-electron chi connectivity index (χ4n) is 1.63. The molecule has 0 fully saturated rings. The molecule has 19 heavy (non-hydrogen) atoms. The van der Waals surface area contributed by atoms with Crippen molar-refractivity contribution < 1.29 is 46.8 Å². The number of amides is 1. The van der Waals surface area contributed by atoms with Crippen molar-refractivity contribution in [3.8, 4) is 0 Å². The Labute approximate surface area is 146 Å². The number of hydrogen-bond acceptors (Lipinski definition) is 2. The average Bonchev–Trinajstić information content (AvgIpc) is 2.57. The van der Waals surface area contributed by atoms with Crippen molar-refractivity contribution in [2.45, 2.75) is 12.8 Å². The molecule has 0 unspecified atom stereocenters. The fraction of sp³-hybridized carbons (Fsp3) is 0.273. The summed E-state index contributed by atoms with van der Waals surface area (Å²) in [7, 11) is 0. The maximum atomic E-state index is 11.5. The maximum Gasteiger partial charge on any atom is 3.00 e. The number of rotatable bonds is 3. The zero-order valence-electron chi connectivity index (χ0n) is 9.76. The monoisotopic (exact) mass is 355 g/mol. The molecule has 0 aromatic heterocycles. The van der Waals surface area contributed by atoms with Crippen LogP contribution in [0.5, 0.6) is 0 Å². The van der Waals surface area contributed by atoms with E-state index in [1.165, 1.54) is 0 Å². The standard InChI is InChI=1S/C11H10ClNO2.Al.3ClH/c12-4-3-10(14)7-1-2-9-8(5-7)6-11(15)13-9;;;;/h1-2,5H,3-4,6H2,(H,13,15);;3*1H/q;+3;;;/p-3. The van der Waals surface area contributed by atoms with E-state index >= 15 is 0 Å². The van der Waals surface area contributed by atoms with Crippen LogP contribution in [0.2, 0.25) is 0 Å². The van der Waals surface area contributed by atoms with Crippen LogP contribution in [0, 0.1) is 0 Å². The van der Waals surface area contributed by atoms with E-state index in [-0.39, 0.29) is 66.3 Å². The number of alkyl halides is 1. The molecular weight excluding hydrogens is 347 g/mol. The van der Waals surface area contributed by atoms with Crippen molar-refractivity contribution in [1.29, 1.82) is 0 Å². The molecule has 0 spiro atoms. The molecule has 1 aromatic rings. The second-order valence-corrected chi connectivity index (χ2v) is 3.84. The van der Waals surface area contributed by atoms with Gasteiger partial charge in [0.2, 0.25) is 5.91 Å². The molecule has 0 radical (unpaired) electrons. The number of Topliss-reactive ketones (excluding diaryl/α,β-unsaturated/α-hetero) is 1. The largest absolute Gasteiger partial charge is 3.00 e. The van der Waals surface area contributed by atoms with Gasteiger partial charge in [-0.1, -0.05) is 0 Å². The number of fused-ring (bicyclic) bond motifs is 1. The first-order valence-corrected chi connectivity index (χ1v) is 5.26. The van der Waals surface area contributed by atoms with Crippen molar-refractivity contribution >= 4 is 46.3 Å². The van der Waals surface area contributed by atoms with Gasteiger partial charge in [0.25, 0.3) is 0 Å². The van der Waals surface area contributed by atoms with Crippen molar-refractivity contribution in [3.63, 3.8) is 0 Å². The molecule has 1 aliphatic rings. The summed E-state index contributed by atoms with van der Waals surface area (Å²) in [6, 6.07) is 5.25. The number of benzene rings is 1. The quantitative estimate of drug-likeness (QED) is 0.332. The van der Waals surface area contributed by atoms with Gasteiger partial charge in [0, 0.05) is 23.6 Å². The third kappa shape index (κ3) is 5.91. The van der Waals surface area contributed by atoms with Gasteiger partial charge in [-0.05, 0) is 23.8 Å². The summed E-state index contributed by atoms with van der Waals surface area (Å²) in [6.45, 7) is 0. The topological polar surface area (TPSA) is 46.2 Å². The predicted molar refractivity (Wildman–Crippen MR) is 64.2 cm³/mol. The van der Waals surface area contributed by atoms with Gasteiger partial charge < -0.3 is 42.5 Å². The van der Waals surface area contributed by atoms with Gasteiger partial charge in [0.1, 0.15) is 0 Å². The Balaban J connectivity index is -0.000000640. The van der Waals surface area contributed by atoms with E-state index in [9.17, 15) is 9.59 Å². The molecule has 102 valence electrons. The van der Waals surface area contributed by atoms with Crippen LogP contribution in [0.15, 0.2) is 18.2 Å². The normalized spacial score (nSPS) is 10.7. The molecule has 0 saturated heterocycles. The van der Waals surface area contributed by atoms with Crippen LogP contribution < -0.4 is 42.5 Å². The van der Waals surface area contributed by atoms with Gasteiger partial charge in [-0.25, -0.2) is 0 Å². The first kappa shape index (κ1) is 24.1. The zero-order valence-corrected chi connectivity index (χ0v) is 13.9. The van der Waals surface area contributed by atoms with E-state index in [1.54, 1.807) is 18.2 Å². The number of ketones is 1. The van der Waals surface area contributed by atoms with E-state index in [0.29, 0.717) is 24.3 Å². The summed E-state index contributed by atoms with van der Waals surface area (Å²) in [4.78, 5) is 22.6. The van der Waals surface area contributed by atoms with Crippen LogP contribution in [-0.4, -0.2) is 34.9 Å². The third-order valence-corrected chi connectivity index (χ3v) is 2.56. The number of nitrogens with one attached hydrogen (secondary N) is 1. The molecule has 0 atom stereocenters. The van der Waals surface area contributed by atoms with Gasteiger partial charge >= 0.3 is 17.4 Å². The van der Waals surface area contributed by atoms with Crippen molar-refractivity contribution in [2.75, 3.05) is 11.2 Å². The molecule has 1 amide bonds. The first-order chi connectivity index (χ1) is 7.20. The van der Waals surface area contributed by atoms with Crippen molar-refractivity contribution in [3.05, 3.63) is 29.3 Å². The van der Waals surface area contributed by atoms with E-state index < -0.39 is 0 Å². The zero-order chi connectivity index (χ0) is 10.8. The molecule has 0 aliphatic carbocycles. The molecule has 3 nitrogen and oxygen atoms in total. The van der Waals surface area contributed by atoms with Gasteiger partial charge in [0.15, 0.2) is 5.78 Å². The molecule has 1 aliphatic heterocycles. The summed E-state index contributed by atoms with van der Waals surface area (Å²) in [5, 5.41) is 2.72. The first-order valence-electron chi connectivity index (χ1n) is 4.72. The molecule has 1 heterocycles. The van der Waals surface area contributed by atoms with E-state index in [1.807, 2.05) is 0 Å². The van der Waals surface area contributed by atoms with Gasteiger partial charge in [-0.3, -0.25) is 9.59 Å². The van der Waals surface area contributed by atoms with Crippen LogP contribution in [0.3, 0.4) is 0 Å². The van der Waals surface area contributed by atoms with E-state index in [4.69, 9.17) is 11.6 Å². The summed E-state index contributed by atoms with van der Waals surface area (Å²) in [5.74, 6) is 0.326. The maximum absolute atomic E-state index is 11.5. The Morgan fingerprint density at radius 3 is 2.47 bits per heavy atom.